The summed E-state index contributed by atoms with van der Waals surface area (Å²) in [7, 11) is -1.46. The van der Waals surface area contributed by atoms with Gasteiger partial charge in [0.2, 0.25) is 0 Å². The molecule has 0 atom stereocenters. The lowest BCUT2D eigenvalue weighted by Gasteiger charge is -2.13. The molecule has 2 aromatic carbocycles. The van der Waals surface area contributed by atoms with E-state index in [2.05, 4.69) is 28.9 Å². The Kier molecular flexibility index (Phi) is 3.14. The highest BCUT2D eigenvalue weighted by atomic mass is 16.4. The number of hydrogen-bond acceptors (Lipinski definition) is 2. The normalized spacial score (nSPS) is 13.4. The van der Waals surface area contributed by atoms with E-state index < -0.39 is 7.12 Å². The average Bonchev–Trinajstić information content (AvgIpc) is 2.90. The molecule has 0 saturated carbocycles. The van der Waals surface area contributed by atoms with Crippen LogP contribution in [0.25, 0.3) is 22.7 Å². The largest absolute Gasteiger partial charge is 0.489 e. The van der Waals surface area contributed by atoms with Gasteiger partial charge < -0.3 is 14.6 Å². The lowest BCUT2D eigenvalue weighted by molar-refractivity contribution is 0.426. The first kappa shape index (κ1) is 13.4. The van der Waals surface area contributed by atoms with Gasteiger partial charge in [-0.1, -0.05) is 42.5 Å². The predicted molar refractivity (Wildman–Crippen MR) is 90.5 cm³/mol. The van der Waals surface area contributed by atoms with Crippen LogP contribution in [0, 0.1) is 0 Å². The lowest BCUT2D eigenvalue weighted by atomic mass is 9.77. The molecule has 0 bridgehead atoms. The van der Waals surface area contributed by atoms with Crippen molar-refractivity contribution >= 4 is 29.6 Å². The molecule has 108 valence electrons. The van der Waals surface area contributed by atoms with Crippen molar-refractivity contribution in [2.45, 2.75) is 12.8 Å². The summed E-state index contributed by atoms with van der Waals surface area (Å²) in [5.74, 6) is 0. The number of para-hydroxylation sites is 1. The molecule has 0 fully saturated rings. The number of benzene rings is 2. The van der Waals surface area contributed by atoms with E-state index in [4.69, 9.17) is 0 Å². The Morgan fingerprint density at radius 1 is 0.955 bits per heavy atom. The van der Waals surface area contributed by atoms with Crippen LogP contribution in [0.5, 0.6) is 0 Å². The molecule has 3 aromatic rings. The van der Waals surface area contributed by atoms with Gasteiger partial charge in [0.1, 0.15) is 0 Å². The van der Waals surface area contributed by atoms with E-state index >= 15 is 0 Å². The first-order valence-electron chi connectivity index (χ1n) is 7.51. The Labute approximate surface area is 129 Å². The van der Waals surface area contributed by atoms with Gasteiger partial charge in [-0.2, -0.15) is 0 Å². The number of nitrogens with zero attached hydrogens (tertiary/aromatic N) is 1. The Balaban J connectivity index is 2.14. The van der Waals surface area contributed by atoms with Gasteiger partial charge >= 0.3 is 7.12 Å². The fourth-order valence-electron chi connectivity index (χ4n) is 3.38. The van der Waals surface area contributed by atoms with E-state index in [-0.39, 0.29) is 0 Å². The van der Waals surface area contributed by atoms with Crippen LogP contribution in [0.15, 0.2) is 54.6 Å². The number of fused-ring (bicyclic) bond motifs is 3. The number of allylic oxidation sites excluding steroid dienone is 1. The quantitative estimate of drug-likeness (QED) is 0.711. The number of hydrogen-bond donors (Lipinski definition) is 2. The van der Waals surface area contributed by atoms with Crippen molar-refractivity contribution < 1.29 is 10.0 Å². The van der Waals surface area contributed by atoms with Crippen molar-refractivity contribution in [3.8, 4) is 5.69 Å². The molecule has 0 radical (unpaired) electrons. The third-order valence-corrected chi connectivity index (χ3v) is 4.29. The molecule has 0 unspecified atom stereocenters. The van der Waals surface area contributed by atoms with Crippen molar-refractivity contribution in [1.29, 1.82) is 0 Å². The molecular weight excluding hydrogens is 273 g/mol. The summed E-state index contributed by atoms with van der Waals surface area (Å²) in [5.41, 5.74) is 5.03. The van der Waals surface area contributed by atoms with Crippen molar-refractivity contribution in [2.75, 3.05) is 0 Å². The fraction of sp³-hybridized carbons (Fsp3) is 0.111. The topological polar surface area (TPSA) is 45.4 Å². The van der Waals surface area contributed by atoms with Crippen LogP contribution in [-0.4, -0.2) is 21.7 Å². The van der Waals surface area contributed by atoms with Crippen LogP contribution in [0.2, 0.25) is 0 Å². The minimum Gasteiger partial charge on any atom is -0.423 e. The molecule has 0 spiro atoms. The van der Waals surface area contributed by atoms with Gasteiger partial charge in [0.15, 0.2) is 0 Å². The van der Waals surface area contributed by atoms with Crippen LogP contribution >= 0.6 is 0 Å². The first-order chi connectivity index (χ1) is 10.8. The Morgan fingerprint density at radius 3 is 2.55 bits per heavy atom. The minimum absolute atomic E-state index is 0.565. The van der Waals surface area contributed by atoms with Crippen LogP contribution in [0.3, 0.4) is 0 Å². The van der Waals surface area contributed by atoms with Gasteiger partial charge in [-0.25, -0.2) is 0 Å². The smallest absolute Gasteiger partial charge is 0.423 e. The summed E-state index contributed by atoms with van der Waals surface area (Å²) in [5, 5.41) is 20.4. The third kappa shape index (κ3) is 1.92. The highest BCUT2D eigenvalue weighted by Crippen LogP contribution is 2.33. The summed E-state index contributed by atoms with van der Waals surface area (Å²) in [4.78, 5) is 0. The molecule has 0 saturated heterocycles. The molecule has 0 aliphatic heterocycles. The van der Waals surface area contributed by atoms with E-state index in [1.165, 1.54) is 5.69 Å². The van der Waals surface area contributed by atoms with Crippen LogP contribution in [0.4, 0.5) is 0 Å². The summed E-state index contributed by atoms with van der Waals surface area (Å²) in [6, 6.07) is 15.9. The zero-order chi connectivity index (χ0) is 15.1. The molecule has 22 heavy (non-hydrogen) atoms. The standard InChI is InChI=1S/C18H16BNO2/c21-19(22)15-10-6-12-17-18(15)14-9-4-5-11-16(14)20(17)13-7-2-1-3-8-13/h1-4,6-10,12,21-22H,5,11H2. The predicted octanol–water partition coefficient (Wildman–Crippen LogP) is 2.27. The van der Waals surface area contributed by atoms with Gasteiger partial charge in [0.05, 0.1) is 5.52 Å². The molecule has 0 amide bonds. The van der Waals surface area contributed by atoms with Crippen LogP contribution in [-0.2, 0) is 6.42 Å². The first-order valence-corrected chi connectivity index (χ1v) is 7.51. The summed E-state index contributed by atoms with van der Waals surface area (Å²) >= 11 is 0. The molecule has 4 rings (SSSR count). The summed E-state index contributed by atoms with van der Waals surface area (Å²) in [6.45, 7) is 0. The Morgan fingerprint density at radius 2 is 1.77 bits per heavy atom. The maximum absolute atomic E-state index is 9.73. The zero-order valence-electron chi connectivity index (χ0n) is 12.1. The molecule has 4 heteroatoms. The highest BCUT2D eigenvalue weighted by Gasteiger charge is 2.24. The van der Waals surface area contributed by atoms with E-state index in [9.17, 15) is 10.0 Å². The second-order valence-electron chi connectivity index (χ2n) is 5.59. The number of rotatable bonds is 2. The second kappa shape index (κ2) is 5.16. The highest BCUT2D eigenvalue weighted by molar-refractivity contribution is 6.62. The van der Waals surface area contributed by atoms with Gasteiger partial charge in [-0.3, -0.25) is 0 Å². The van der Waals surface area contributed by atoms with E-state index in [0.717, 1.165) is 35.0 Å². The maximum Gasteiger partial charge on any atom is 0.489 e. The molecule has 1 aliphatic carbocycles. The summed E-state index contributed by atoms with van der Waals surface area (Å²) in [6.07, 6.45) is 6.22. The molecule has 2 N–H and O–H groups in total. The zero-order valence-corrected chi connectivity index (χ0v) is 12.1. The average molecular weight is 289 g/mol. The van der Waals surface area contributed by atoms with E-state index in [1.807, 2.05) is 30.3 Å². The fourth-order valence-corrected chi connectivity index (χ4v) is 3.38. The minimum atomic E-state index is -1.46. The SMILES string of the molecule is OB(O)c1cccc2c1c1c(n2-c2ccccc2)CCC=C1. The van der Waals surface area contributed by atoms with E-state index in [1.54, 1.807) is 6.07 Å². The third-order valence-electron chi connectivity index (χ3n) is 4.29. The second-order valence-corrected chi connectivity index (χ2v) is 5.59. The Hall–Kier alpha value is -2.30. The molecule has 1 aliphatic rings. The van der Waals surface area contributed by atoms with E-state index in [0.29, 0.717) is 5.46 Å². The van der Waals surface area contributed by atoms with Crippen molar-refractivity contribution in [1.82, 2.24) is 4.57 Å². The lowest BCUT2D eigenvalue weighted by Crippen LogP contribution is -2.30. The van der Waals surface area contributed by atoms with Gasteiger partial charge in [0.25, 0.3) is 0 Å². The van der Waals surface area contributed by atoms with Crippen molar-refractivity contribution in [2.24, 2.45) is 0 Å². The molecule has 1 heterocycles. The van der Waals surface area contributed by atoms with Crippen LogP contribution in [0.1, 0.15) is 17.7 Å². The van der Waals surface area contributed by atoms with Crippen molar-refractivity contribution in [3.63, 3.8) is 0 Å². The number of aromatic nitrogens is 1. The van der Waals surface area contributed by atoms with Crippen LogP contribution < -0.4 is 5.46 Å². The van der Waals surface area contributed by atoms with Gasteiger partial charge in [-0.05, 0) is 36.5 Å². The van der Waals surface area contributed by atoms with Crippen molar-refractivity contribution in [3.05, 3.63) is 65.9 Å². The van der Waals surface area contributed by atoms with Gasteiger partial charge in [-0.15, -0.1) is 0 Å². The Bertz CT molecular complexity index is 866. The van der Waals surface area contributed by atoms with Gasteiger partial charge in [0, 0.05) is 22.3 Å². The molecular formula is C18H16BNO2. The molecule has 3 nitrogen and oxygen atoms in total. The maximum atomic E-state index is 9.73. The summed E-state index contributed by atoms with van der Waals surface area (Å²) < 4.78 is 2.24. The monoisotopic (exact) mass is 289 g/mol. The molecule has 1 aromatic heterocycles.